The van der Waals surface area contributed by atoms with Gasteiger partial charge in [-0.3, -0.25) is 0 Å². The molecule has 0 saturated carbocycles. The quantitative estimate of drug-likeness (QED) is 0.873. The highest BCUT2D eigenvalue weighted by molar-refractivity contribution is 7.99. The first-order valence-electron chi connectivity index (χ1n) is 4.49. The van der Waals surface area contributed by atoms with Crippen molar-refractivity contribution in [3.8, 4) is 0 Å². The number of aromatic nitrogens is 1. The van der Waals surface area contributed by atoms with Gasteiger partial charge in [0.05, 0.1) is 0 Å². The SMILES string of the molecule is Nc1cc(Sc2ccc(F)cc2F)ccn1. The third-order valence-electron chi connectivity index (χ3n) is 1.87. The molecule has 1 heterocycles. The van der Waals surface area contributed by atoms with Crippen molar-refractivity contribution in [3.63, 3.8) is 0 Å². The third-order valence-corrected chi connectivity index (χ3v) is 2.91. The van der Waals surface area contributed by atoms with Crippen molar-refractivity contribution in [2.45, 2.75) is 9.79 Å². The van der Waals surface area contributed by atoms with Crippen LogP contribution in [0, 0.1) is 11.6 Å². The van der Waals surface area contributed by atoms with Gasteiger partial charge in [0.15, 0.2) is 0 Å². The van der Waals surface area contributed by atoms with Crippen LogP contribution in [0.15, 0.2) is 46.3 Å². The van der Waals surface area contributed by atoms with E-state index >= 15 is 0 Å². The predicted molar refractivity (Wildman–Crippen MR) is 59.1 cm³/mol. The van der Waals surface area contributed by atoms with E-state index in [9.17, 15) is 8.78 Å². The Bertz CT molecular complexity index is 517. The first-order valence-corrected chi connectivity index (χ1v) is 5.31. The molecular formula is C11H8F2N2S. The van der Waals surface area contributed by atoms with E-state index in [0.29, 0.717) is 10.7 Å². The molecule has 2 aromatic rings. The van der Waals surface area contributed by atoms with Crippen molar-refractivity contribution in [1.82, 2.24) is 4.98 Å². The van der Waals surface area contributed by atoms with Gasteiger partial charge in [0, 0.05) is 22.1 Å². The zero-order chi connectivity index (χ0) is 11.5. The Balaban J connectivity index is 2.27. The molecule has 2 nitrogen and oxygen atoms in total. The first-order chi connectivity index (χ1) is 7.65. The van der Waals surface area contributed by atoms with Gasteiger partial charge >= 0.3 is 0 Å². The molecule has 0 atom stereocenters. The van der Waals surface area contributed by atoms with Crippen LogP contribution < -0.4 is 5.73 Å². The Morgan fingerprint density at radius 1 is 1.12 bits per heavy atom. The number of benzene rings is 1. The van der Waals surface area contributed by atoms with E-state index in [1.54, 1.807) is 18.3 Å². The molecule has 0 spiro atoms. The van der Waals surface area contributed by atoms with Crippen molar-refractivity contribution in [2.75, 3.05) is 5.73 Å². The van der Waals surface area contributed by atoms with Crippen molar-refractivity contribution < 1.29 is 8.78 Å². The Labute approximate surface area is 95.5 Å². The van der Waals surface area contributed by atoms with Gasteiger partial charge in [0.2, 0.25) is 0 Å². The zero-order valence-corrected chi connectivity index (χ0v) is 8.97. The van der Waals surface area contributed by atoms with E-state index in [2.05, 4.69) is 4.98 Å². The molecule has 2 N–H and O–H groups in total. The number of rotatable bonds is 2. The highest BCUT2D eigenvalue weighted by atomic mass is 32.2. The number of nitrogen functional groups attached to an aromatic ring is 1. The molecule has 0 fully saturated rings. The van der Waals surface area contributed by atoms with E-state index in [1.807, 2.05) is 0 Å². The summed E-state index contributed by atoms with van der Waals surface area (Å²) in [6.45, 7) is 0. The van der Waals surface area contributed by atoms with Crippen molar-refractivity contribution in [2.24, 2.45) is 0 Å². The molecule has 0 aliphatic heterocycles. The van der Waals surface area contributed by atoms with Crippen LogP contribution in [0.2, 0.25) is 0 Å². The van der Waals surface area contributed by atoms with Crippen LogP contribution in [0.25, 0.3) is 0 Å². The van der Waals surface area contributed by atoms with Crippen LogP contribution in [0.4, 0.5) is 14.6 Å². The van der Waals surface area contributed by atoms with Gasteiger partial charge in [-0.05, 0) is 24.3 Å². The topological polar surface area (TPSA) is 38.9 Å². The summed E-state index contributed by atoms with van der Waals surface area (Å²) in [6, 6.07) is 6.81. The molecule has 0 saturated heterocycles. The standard InChI is InChI=1S/C11H8F2N2S/c12-7-1-2-10(9(13)5-7)16-8-3-4-15-11(14)6-8/h1-6H,(H2,14,15). The van der Waals surface area contributed by atoms with Crippen LogP contribution in [-0.4, -0.2) is 4.98 Å². The van der Waals surface area contributed by atoms with Gasteiger partial charge in [0.1, 0.15) is 17.5 Å². The molecule has 0 radical (unpaired) electrons. The number of pyridine rings is 1. The number of hydrogen-bond acceptors (Lipinski definition) is 3. The Hall–Kier alpha value is -1.62. The Kier molecular flexibility index (Phi) is 3.05. The van der Waals surface area contributed by atoms with Gasteiger partial charge < -0.3 is 5.73 Å². The number of nitrogens with two attached hydrogens (primary N) is 1. The fourth-order valence-corrected chi connectivity index (χ4v) is 2.03. The van der Waals surface area contributed by atoms with Gasteiger partial charge in [0.25, 0.3) is 0 Å². The van der Waals surface area contributed by atoms with E-state index in [-0.39, 0.29) is 0 Å². The molecule has 82 valence electrons. The monoisotopic (exact) mass is 238 g/mol. The molecule has 0 aliphatic rings. The van der Waals surface area contributed by atoms with Gasteiger partial charge in [-0.15, -0.1) is 0 Å². The van der Waals surface area contributed by atoms with Crippen LogP contribution >= 0.6 is 11.8 Å². The lowest BCUT2D eigenvalue weighted by Crippen LogP contribution is -1.89. The van der Waals surface area contributed by atoms with E-state index in [4.69, 9.17) is 5.73 Å². The number of anilines is 1. The van der Waals surface area contributed by atoms with Crippen molar-refractivity contribution in [1.29, 1.82) is 0 Å². The molecule has 0 bridgehead atoms. The lowest BCUT2D eigenvalue weighted by Gasteiger charge is -2.03. The van der Waals surface area contributed by atoms with E-state index < -0.39 is 11.6 Å². The van der Waals surface area contributed by atoms with Crippen LogP contribution in [0.1, 0.15) is 0 Å². The second kappa shape index (κ2) is 4.49. The fourth-order valence-electron chi connectivity index (χ4n) is 1.18. The minimum absolute atomic E-state index is 0.354. The zero-order valence-electron chi connectivity index (χ0n) is 8.15. The number of hydrogen-bond donors (Lipinski definition) is 1. The van der Waals surface area contributed by atoms with Crippen LogP contribution in [0.5, 0.6) is 0 Å². The average Bonchev–Trinajstić information content (AvgIpc) is 2.22. The molecule has 2 rings (SSSR count). The van der Waals surface area contributed by atoms with Gasteiger partial charge in [-0.1, -0.05) is 11.8 Å². The smallest absolute Gasteiger partial charge is 0.140 e. The molecule has 1 aromatic heterocycles. The molecule has 1 aromatic carbocycles. The lowest BCUT2D eigenvalue weighted by atomic mass is 10.3. The molecule has 0 amide bonds. The molecule has 16 heavy (non-hydrogen) atoms. The summed E-state index contributed by atoms with van der Waals surface area (Å²) in [5, 5.41) is 0. The largest absolute Gasteiger partial charge is 0.384 e. The molecule has 5 heteroatoms. The second-order valence-corrected chi connectivity index (χ2v) is 4.21. The van der Waals surface area contributed by atoms with Crippen LogP contribution in [-0.2, 0) is 0 Å². The van der Waals surface area contributed by atoms with Crippen molar-refractivity contribution in [3.05, 3.63) is 48.2 Å². The average molecular weight is 238 g/mol. The van der Waals surface area contributed by atoms with Crippen molar-refractivity contribution >= 4 is 17.6 Å². The summed E-state index contributed by atoms with van der Waals surface area (Å²) in [4.78, 5) is 4.94. The maximum absolute atomic E-state index is 13.3. The summed E-state index contributed by atoms with van der Waals surface area (Å²) in [6.07, 6.45) is 1.54. The molecule has 0 aliphatic carbocycles. The van der Waals surface area contributed by atoms with Crippen LogP contribution in [0.3, 0.4) is 0 Å². The number of nitrogens with zero attached hydrogens (tertiary/aromatic N) is 1. The number of halogens is 2. The minimum atomic E-state index is -0.587. The maximum atomic E-state index is 13.3. The minimum Gasteiger partial charge on any atom is -0.384 e. The highest BCUT2D eigenvalue weighted by Crippen LogP contribution is 2.30. The Morgan fingerprint density at radius 2 is 1.94 bits per heavy atom. The maximum Gasteiger partial charge on any atom is 0.140 e. The highest BCUT2D eigenvalue weighted by Gasteiger charge is 2.05. The third kappa shape index (κ3) is 2.49. The summed E-state index contributed by atoms with van der Waals surface area (Å²) >= 11 is 1.18. The first kappa shape index (κ1) is 10.9. The van der Waals surface area contributed by atoms with E-state index in [1.165, 1.54) is 23.9 Å². The van der Waals surface area contributed by atoms with E-state index in [0.717, 1.165) is 11.0 Å². The fraction of sp³-hybridized carbons (Fsp3) is 0. The lowest BCUT2D eigenvalue weighted by molar-refractivity contribution is 0.565. The summed E-state index contributed by atoms with van der Waals surface area (Å²) in [7, 11) is 0. The molecule has 0 unspecified atom stereocenters. The Morgan fingerprint density at radius 3 is 2.62 bits per heavy atom. The summed E-state index contributed by atoms with van der Waals surface area (Å²) < 4.78 is 26.0. The molecular weight excluding hydrogens is 230 g/mol. The normalized spacial score (nSPS) is 10.4. The summed E-state index contributed by atoms with van der Waals surface area (Å²) in [5.74, 6) is -0.802. The van der Waals surface area contributed by atoms with Gasteiger partial charge in [-0.25, -0.2) is 13.8 Å². The van der Waals surface area contributed by atoms with Gasteiger partial charge in [-0.2, -0.15) is 0 Å². The second-order valence-electron chi connectivity index (χ2n) is 3.09. The predicted octanol–water partition coefficient (Wildman–Crippen LogP) is 3.09. The summed E-state index contributed by atoms with van der Waals surface area (Å²) in [5.41, 5.74) is 5.50.